The highest BCUT2D eigenvalue weighted by molar-refractivity contribution is 6.06. The van der Waals surface area contributed by atoms with E-state index in [0.717, 1.165) is 29.3 Å². The summed E-state index contributed by atoms with van der Waals surface area (Å²) in [7, 11) is 0. The lowest BCUT2D eigenvalue weighted by Crippen LogP contribution is -2.11. The highest BCUT2D eigenvalue weighted by atomic mass is 16.3. The maximum absolute atomic E-state index is 9.50. The molecule has 3 heteroatoms. The summed E-state index contributed by atoms with van der Waals surface area (Å²) >= 11 is 0. The first-order chi connectivity index (χ1) is 8.82. The first-order valence-electron chi connectivity index (χ1n) is 6.29. The molecule has 0 aliphatic heterocycles. The van der Waals surface area contributed by atoms with Crippen molar-refractivity contribution < 1.29 is 5.11 Å². The number of aromatic nitrogens is 2. The Kier molecular flexibility index (Phi) is 1.87. The summed E-state index contributed by atoms with van der Waals surface area (Å²) in [5.41, 5.74) is 3.53. The molecule has 2 N–H and O–H groups in total. The maximum atomic E-state index is 9.50. The van der Waals surface area contributed by atoms with Crippen LogP contribution in [0.5, 0.6) is 0 Å². The summed E-state index contributed by atoms with van der Waals surface area (Å²) in [6.07, 6.45) is 5.88. The van der Waals surface area contributed by atoms with E-state index >= 15 is 0 Å². The summed E-state index contributed by atoms with van der Waals surface area (Å²) in [4.78, 5) is 7.60. The molecule has 3 aromatic rings. The van der Waals surface area contributed by atoms with Crippen LogP contribution in [0.15, 0.2) is 36.7 Å². The van der Waals surface area contributed by atoms with E-state index in [0.29, 0.717) is 0 Å². The van der Waals surface area contributed by atoms with Crippen molar-refractivity contribution in [2.45, 2.75) is 18.3 Å². The topological polar surface area (TPSA) is 48.9 Å². The molecule has 2 aromatic heterocycles. The van der Waals surface area contributed by atoms with Gasteiger partial charge in [-0.1, -0.05) is 12.1 Å². The third-order valence-corrected chi connectivity index (χ3v) is 4.17. The molecule has 0 atom stereocenters. The lowest BCUT2D eigenvalue weighted by Gasteiger charge is -2.11. The first kappa shape index (κ1) is 10.1. The Morgan fingerprint density at radius 2 is 2.06 bits per heavy atom. The highest BCUT2D eigenvalue weighted by Gasteiger charge is 2.43. The van der Waals surface area contributed by atoms with Crippen molar-refractivity contribution in [2.24, 2.45) is 0 Å². The van der Waals surface area contributed by atoms with Crippen molar-refractivity contribution in [3.63, 3.8) is 0 Å². The van der Waals surface area contributed by atoms with Crippen LogP contribution in [-0.4, -0.2) is 21.7 Å². The smallest absolute Gasteiger partial charge is 0.0527 e. The third kappa shape index (κ3) is 1.25. The van der Waals surface area contributed by atoms with Gasteiger partial charge in [0.2, 0.25) is 0 Å². The summed E-state index contributed by atoms with van der Waals surface area (Å²) in [5, 5.41) is 11.9. The van der Waals surface area contributed by atoms with Gasteiger partial charge < -0.3 is 10.1 Å². The van der Waals surface area contributed by atoms with Crippen molar-refractivity contribution in [3.8, 4) is 0 Å². The van der Waals surface area contributed by atoms with E-state index in [-0.39, 0.29) is 12.0 Å². The average Bonchev–Trinajstić information content (AvgIpc) is 3.13. The molecule has 3 nitrogen and oxygen atoms in total. The second-order valence-corrected chi connectivity index (χ2v) is 5.25. The molecular weight excluding hydrogens is 224 g/mol. The number of benzene rings is 1. The largest absolute Gasteiger partial charge is 0.395 e. The number of pyridine rings is 1. The summed E-state index contributed by atoms with van der Waals surface area (Å²) in [5.74, 6) is 0. The zero-order chi connectivity index (χ0) is 12.2. The van der Waals surface area contributed by atoms with Crippen LogP contribution in [0.2, 0.25) is 0 Å². The molecule has 4 rings (SSSR count). The fourth-order valence-electron chi connectivity index (χ4n) is 2.76. The number of H-pyrrole nitrogens is 1. The lowest BCUT2D eigenvalue weighted by atomic mass is 9.96. The fraction of sp³-hybridized carbons (Fsp3) is 0.267. The van der Waals surface area contributed by atoms with Crippen molar-refractivity contribution in [2.75, 3.05) is 6.61 Å². The molecule has 1 fully saturated rings. The van der Waals surface area contributed by atoms with E-state index in [1.54, 1.807) is 6.20 Å². The molecule has 1 aliphatic carbocycles. The van der Waals surface area contributed by atoms with Gasteiger partial charge in [-0.2, -0.15) is 0 Å². The Labute approximate surface area is 104 Å². The highest BCUT2D eigenvalue weighted by Crippen LogP contribution is 2.48. The molecule has 90 valence electrons. The van der Waals surface area contributed by atoms with Gasteiger partial charge in [0.15, 0.2) is 0 Å². The molecule has 0 saturated heterocycles. The Morgan fingerprint density at radius 3 is 2.83 bits per heavy atom. The zero-order valence-corrected chi connectivity index (χ0v) is 9.98. The maximum Gasteiger partial charge on any atom is 0.0527 e. The minimum absolute atomic E-state index is 0.0315. The molecule has 1 aliphatic rings. The summed E-state index contributed by atoms with van der Waals surface area (Å²) < 4.78 is 0. The lowest BCUT2D eigenvalue weighted by molar-refractivity contribution is 0.255. The molecule has 0 unspecified atom stereocenters. The van der Waals surface area contributed by atoms with Crippen LogP contribution < -0.4 is 0 Å². The standard InChI is InChI=1S/C15H14N2O/c18-9-15(4-5-15)10-1-2-11-12-8-16-6-3-13(12)17-14(11)7-10/h1-3,6-8,17-18H,4-5,9H2. The summed E-state index contributed by atoms with van der Waals surface area (Å²) in [6, 6.07) is 8.46. The molecule has 0 radical (unpaired) electrons. The Bertz CT molecular complexity index is 740. The van der Waals surface area contributed by atoms with Crippen molar-refractivity contribution in [3.05, 3.63) is 42.2 Å². The Balaban J connectivity index is 1.98. The number of nitrogens with one attached hydrogen (secondary N) is 1. The van der Waals surface area contributed by atoms with Gasteiger partial charge in [-0.3, -0.25) is 4.98 Å². The minimum atomic E-state index is 0.0315. The van der Waals surface area contributed by atoms with E-state index in [2.05, 4.69) is 28.2 Å². The number of aliphatic hydroxyl groups excluding tert-OH is 1. The van der Waals surface area contributed by atoms with Crippen LogP contribution in [0.3, 0.4) is 0 Å². The van der Waals surface area contributed by atoms with Gasteiger partial charge in [0.25, 0.3) is 0 Å². The van der Waals surface area contributed by atoms with Crippen LogP contribution in [0.4, 0.5) is 0 Å². The SMILES string of the molecule is OCC1(c2ccc3c(c2)[nH]c2ccncc23)CC1. The number of aliphatic hydroxyl groups is 1. The number of fused-ring (bicyclic) bond motifs is 3. The third-order valence-electron chi connectivity index (χ3n) is 4.17. The number of aromatic amines is 1. The van der Waals surface area contributed by atoms with E-state index in [1.807, 2.05) is 12.3 Å². The predicted octanol–water partition coefficient (Wildman–Crippen LogP) is 2.74. The first-order valence-corrected chi connectivity index (χ1v) is 6.29. The van der Waals surface area contributed by atoms with Gasteiger partial charge in [-0.15, -0.1) is 0 Å². The van der Waals surface area contributed by atoms with Crippen molar-refractivity contribution in [1.29, 1.82) is 0 Å². The van der Waals surface area contributed by atoms with Gasteiger partial charge >= 0.3 is 0 Å². The van der Waals surface area contributed by atoms with Gasteiger partial charge in [-0.05, 0) is 30.5 Å². The number of nitrogens with zero attached hydrogens (tertiary/aromatic N) is 1. The van der Waals surface area contributed by atoms with Crippen LogP contribution in [0.1, 0.15) is 18.4 Å². The second-order valence-electron chi connectivity index (χ2n) is 5.25. The number of hydrogen-bond acceptors (Lipinski definition) is 2. The molecule has 2 heterocycles. The molecule has 0 bridgehead atoms. The van der Waals surface area contributed by atoms with Crippen molar-refractivity contribution >= 4 is 21.8 Å². The van der Waals surface area contributed by atoms with Gasteiger partial charge in [0.1, 0.15) is 0 Å². The molecule has 0 amide bonds. The fourth-order valence-corrected chi connectivity index (χ4v) is 2.76. The van der Waals surface area contributed by atoms with Gasteiger partial charge in [0, 0.05) is 39.6 Å². The molecule has 1 aromatic carbocycles. The summed E-state index contributed by atoms with van der Waals surface area (Å²) in [6.45, 7) is 0.250. The Morgan fingerprint density at radius 1 is 1.17 bits per heavy atom. The van der Waals surface area contributed by atoms with Crippen LogP contribution in [0, 0.1) is 0 Å². The van der Waals surface area contributed by atoms with Crippen molar-refractivity contribution in [1.82, 2.24) is 9.97 Å². The van der Waals surface area contributed by atoms with E-state index in [9.17, 15) is 5.11 Å². The number of rotatable bonds is 2. The van der Waals surface area contributed by atoms with Gasteiger partial charge in [-0.25, -0.2) is 0 Å². The normalized spacial score (nSPS) is 17.4. The Hall–Kier alpha value is -1.87. The van der Waals surface area contributed by atoms with E-state index < -0.39 is 0 Å². The zero-order valence-electron chi connectivity index (χ0n) is 9.98. The van der Waals surface area contributed by atoms with Crippen LogP contribution in [-0.2, 0) is 5.41 Å². The molecule has 18 heavy (non-hydrogen) atoms. The minimum Gasteiger partial charge on any atom is -0.395 e. The second kappa shape index (κ2) is 3.33. The molecular formula is C15H14N2O. The average molecular weight is 238 g/mol. The number of hydrogen-bond donors (Lipinski definition) is 2. The monoisotopic (exact) mass is 238 g/mol. The van der Waals surface area contributed by atoms with E-state index in [4.69, 9.17) is 0 Å². The predicted molar refractivity (Wildman–Crippen MR) is 71.6 cm³/mol. The van der Waals surface area contributed by atoms with Crippen LogP contribution in [0.25, 0.3) is 21.8 Å². The van der Waals surface area contributed by atoms with Gasteiger partial charge in [0.05, 0.1) is 6.61 Å². The molecule has 0 spiro atoms. The van der Waals surface area contributed by atoms with E-state index in [1.165, 1.54) is 10.9 Å². The van der Waals surface area contributed by atoms with Crippen LogP contribution >= 0.6 is 0 Å². The quantitative estimate of drug-likeness (QED) is 0.721. The molecule has 1 saturated carbocycles.